The molecule has 2 heterocycles. The van der Waals surface area contributed by atoms with Crippen LogP contribution in [-0.2, 0) is 6.42 Å². The summed E-state index contributed by atoms with van der Waals surface area (Å²) in [4.78, 5) is 8.85. The normalized spacial score (nSPS) is 13.2. The van der Waals surface area contributed by atoms with Crippen LogP contribution in [0.3, 0.4) is 0 Å². The molecule has 2 N–H and O–H groups in total. The van der Waals surface area contributed by atoms with Gasteiger partial charge >= 0.3 is 0 Å². The first kappa shape index (κ1) is 13.3. The van der Waals surface area contributed by atoms with Gasteiger partial charge in [-0.15, -0.1) is 11.3 Å². The topological polar surface area (TPSA) is 56.7 Å². The largest absolute Gasteiger partial charge is 0.332 e. The smallest absolute Gasteiger partial charge is 0.111 e. The first-order valence-electron chi connectivity index (χ1n) is 6.77. The van der Waals surface area contributed by atoms with Gasteiger partial charge in [0.05, 0.1) is 22.6 Å². The van der Waals surface area contributed by atoms with Crippen LogP contribution >= 0.6 is 11.3 Å². The average Bonchev–Trinajstić information content (AvgIpc) is 3.03. The molecule has 1 unspecified atom stereocenters. The van der Waals surface area contributed by atoms with Crippen molar-refractivity contribution in [2.75, 3.05) is 0 Å². The number of nitrogens with two attached hydrogens (primary N) is 1. The van der Waals surface area contributed by atoms with E-state index in [1.165, 1.54) is 4.70 Å². The van der Waals surface area contributed by atoms with Crippen molar-refractivity contribution in [1.29, 1.82) is 0 Å². The number of hydrogen-bond donors (Lipinski definition) is 1. The van der Waals surface area contributed by atoms with Crippen molar-refractivity contribution < 1.29 is 0 Å². The van der Waals surface area contributed by atoms with Gasteiger partial charge in [-0.1, -0.05) is 12.1 Å². The number of hydrogen-bond acceptors (Lipinski definition) is 4. The second-order valence-corrected chi connectivity index (χ2v) is 6.28. The number of nitrogens with zero attached hydrogens (tertiary/aromatic N) is 3. The van der Waals surface area contributed by atoms with Gasteiger partial charge in [0.2, 0.25) is 0 Å². The van der Waals surface area contributed by atoms with E-state index in [-0.39, 0.29) is 6.04 Å². The lowest BCUT2D eigenvalue weighted by molar-refractivity contribution is 0.555. The molecule has 0 aliphatic heterocycles. The number of para-hydroxylation sites is 1. The van der Waals surface area contributed by atoms with Gasteiger partial charge < -0.3 is 10.3 Å². The van der Waals surface area contributed by atoms with Crippen LogP contribution in [0.15, 0.2) is 36.8 Å². The minimum Gasteiger partial charge on any atom is -0.332 e. The molecule has 0 fully saturated rings. The number of benzene rings is 1. The minimum absolute atomic E-state index is 0.0819. The summed E-state index contributed by atoms with van der Waals surface area (Å²) in [6, 6.07) is 8.47. The van der Waals surface area contributed by atoms with Crippen molar-refractivity contribution in [2.45, 2.75) is 32.4 Å². The highest BCUT2D eigenvalue weighted by atomic mass is 32.1. The van der Waals surface area contributed by atoms with Crippen molar-refractivity contribution in [1.82, 2.24) is 14.5 Å². The van der Waals surface area contributed by atoms with E-state index in [4.69, 9.17) is 5.73 Å². The van der Waals surface area contributed by atoms with Crippen molar-refractivity contribution in [3.05, 3.63) is 47.5 Å². The molecule has 0 spiro atoms. The zero-order chi connectivity index (χ0) is 14.1. The monoisotopic (exact) mass is 286 g/mol. The third-order valence-corrected chi connectivity index (χ3v) is 4.53. The standard InChI is InChI=1S/C15H18N4S/c1-10(2)19-9-17-8-11(19)7-12(16)15-18-13-5-3-4-6-14(13)20-15/h3-6,8-10,12H,7,16H2,1-2H3. The Balaban J connectivity index is 1.85. The molecular formula is C15H18N4S. The highest BCUT2D eigenvalue weighted by Crippen LogP contribution is 2.27. The minimum atomic E-state index is -0.0819. The van der Waals surface area contributed by atoms with E-state index < -0.39 is 0 Å². The Morgan fingerprint density at radius 3 is 2.85 bits per heavy atom. The summed E-state index contributed by atoms with van der Waals surface area (Å²) in [7, 11) is 0. The van der Waals surface area contributed by atoms with Crippen molar-refractivity contribution in [2.24, 2.45) is 5.73 Å². The molecule has 20 heavy (non-hydrogen) atoms. The first-order valence-corrected chi connectivity index (χ1v) is 7.58. The Labute approximate surface area is 122 Å². The summed E-state index contributed by atoms with van der Waals surface area (Å²) < 4.78 is 3.35. The van der Waals surface area contributed by atoms with Gasteiger partial charge in [0.25, 0.3) is 0 Å². The highest BCUT2D eigenvalue weighted by Gasteiger charge is 2.15. The summed E-state index contributed by atoms with van der Waals surface area (Å²) in [6.45, 7) is 4.29. The van der Waals surface area contributed by atoms with Crippen LogP contribution in [-0.4, -0.2) is 14.5 Å². The maximum atomic E-state index is 6.33. The molecule has 0 saturated heterocycles. The molecule has 3 aromatic rings. The predicted octanol–water partition coefficient (Wildman–Crippen LogP) is 3.32. The van der Waals surface area contributed by atoms with Crippen LogP contribution in [0.4, 0.5) is 0 Å². The van der Waals surface area contributed by atoms with Gasteiger partial charge in [-0.25, -0.2) is 9.97 Å². The Morgan fingerprint density at radius 1 is 1.30 bits per heavy atom. The first-order chi connectivity index (χ1) is 9.65. The van der Waals surface area contributed by atoms with E-state index >= 15 is 0 Å². The van der Waals surface area contributed by atoms with E-state index in [0.29, 0.717) is 6.04 Å². The van der Waals surface area contributed by atoms with E-state index in [2.05, 4.69) is 34.4 Å². The number of thiazole rings is 1. The molecule has 1 atom stereocenters. The third kappa shape index (κ3) is 2.46. The molecule has 104 valence electrons. The Morgan fingerprint density at radius 2 is 2.10 bits per heavy atom. The third-order valence-electron chi connectivity index (χ3n) is 3.36. The maximum absolute atomic E-state index is 6.33. The number of fused-ring (bicyclic) bond motifs is 1. The van der Waals surface area contributed by atoms with Crippen molar-refractivity contribution in [3.63, 3.8) is 0 Å². The fraction of sp³-hybridized carbons (Fsp3) is 0.333. The average molecular weight is 286 g/mol. The fourth-order valence-corrected chi connectivity index (χ4v) is 3.29. The van der Waals surface area contributed by atoms with Gasteiger partial charge in [0.1, 0.15) is 5.01 Å². The van der Waals surface area contributed by atoms with E-state index in [1.807, 2.05) is 30.7 Å². The second-order valence-electron chi connectivity index (χ2n) is 5.22. The van der Waals surface area contributed by atoms with Gasteiger partial charge in [-0.3, -0.25) is 0 Å². The number of imidazole rings is 1. The number of aromatic nitrogens is 3. The highest BCUT2D eigenvalue weighted by molar-refractivity contribution is 7.18. The van der Waals surface area contributed by atoms with Gasteiger partial charge in [-0.2, -0.15) is 0 Å². The molecule has 3 rings (SSSR count). The molecule has 0 aliphatic rings. The predicted molar refractivity (Wildman–Crippen MR) is 82.9 cm³/mol. The quantitative estimate of drug-likeness (QED) is 0.800. The van der Waals surface area contributed by atoms with Gasteiger partial charge in [0, 0.05) is 24.4 Å². The lowest BCUT2D eigenvalue weighted by Crippen LogP contribution is -2.16. The zero-order valence-corrected chi connectivity index (χ0v) is 12.5. The zero-order valence-electron chi connectivity index (χ0n) is 11.7. The van der Waals surface area contributed by atoms with Crippen molar-refractivity contribution >= 4 is 21.6 Å². The SMILES string of the molecule is CC(C)n1cncc1CC(N)c1nc2ccccc2s1. The van der Waals surface area contributed by atoms with Crippen LogP contribution in [0.25, 0.3) is 10.2 Å². The van der Waals surface area contributed by atoms with Crippen LogP contribution < -0.4 is 5.73 Å². The Hall–Kier alpha value is -1.72. The van der Waals surface area contributed by atoms with Crippen LogP contribution in [0.5, 0.6) is 0 Å². The summed E-state index contributed by atoms with van der Waals surface area (Å²) in [5.74, 6) is 0. The van der Waals surface area contributed by atoms with Crippen LogP contribution in [0.1, 0.15) is 36.6 Å². The summed E-state index contributed by atoms with van der Waals surface area (Å²) in [6.07, 6.45) is 4.52. The Bertz CT molecular complexity index is 680. The summed E-state index contributed by atoms with van der Waals surface area (Å²) >= 11 is 1.68. The molecule has 1 aromatic carbocycles. The van der Waals surface area contributed by atoms with Crippen molar-refractivity contribution in [3.8, 4) is 0 Å². The van der Waals surface area contributed by atoms with Crippen LogP contribution in [0, 0.1) is 0 Å². The lowest BCUT2D eigenvalue weighted by atomic mass is 10.2. The van der Waals surface area contributed by atoms with Crippen LogP contribution in [0.2, 0.25) is 0 Å². The Kier molecular flexibility index (Phi) is 3.54. The lowest BCUT2D eigenvalue weighted by Gasteiger charge is -2.14. The molecule has 0 bridgehead atoms. The molecule has 0 aliphatic carbocycles. The van der Waals surface area contributed by atoms with Gasteiger partial charge in [0.15, 0.2) is 0 Å². The second kappa shape index (κ2) is 5.34. The number of rotatable bonds is 4. The molecule has 0 amide bonds. The fourth-order valence-electron chi connectivity index (χ4n) is 2.32. The summed E-state index contributed by atoms with van der Waals surface area (Å²) in [5.41, 5.74) is 8.51. The maximum Gasteiger partial charge on any atom is 0.111 e. The molecule has 0 radical (unpaired) electrons. The van der Waals surface area contributed by atoms with Gasteiger partial charge in [-0.05, 0) is 26.0 Å². The molecular weight excluding hydrogens is 268 g/mol. The van der Waals surface area contributed by atoms with E-state index in [9.17, 15) is 0 Å². The van der Waals surface area contributed by atoms with E-state index in [0.717, 1.165) is 22.6 Å². The molecule has 4 nitrogen and oxygen atoms in total. The van der Waals surface area contributed by atoms with E-state index in [1.54, 1.807) is 11.3 Å². The summed E-state index contributed by atoms with van der Waals surface area (Å²) in [5, 5.41) is 0.989. The molecule has 0 saturated carbocycles. The molecule has 2 aromatic heterocycles. The molecule has 5 heteroatoms.